The molecular weight excluding hydrogens is 354 g/mol. The fraction of sp³-hybridized carbons (Fsp3) is 0.864. The Morgan fingerprint density at radius 2 is 1.52 bits per heavy atom. The molecular formula is C22H41NO3Si. The summed E-state index contributed by atoms with van der Waals surface area (Å²) in [4.78, 5) is 12.0. The van der Waals surface area contributed by atoms with E-state index >= 15 is 0 Å². The highest BCUT2D eigenvalue weighted by Gasteiger charge is 2.42. The third-order valence-electron chi connectivity index (χ3n) is 5.91. The molecule has 0 heterocycles. The highest BCUT2D eigenvalue weighted by molar-refractivity contribution is 6.90. The predicted octanol–water partition coefficient (Wildman–Crippen LogP) is 5.41. The summed E-state index contributed by atoms with van der Waals surface area (Å²) in [6.07, 6.45) is 2.27. The van der Waals surface area contributed by atoms with Gasteiger partial charge in [-0.3, -0.25) is 0 Å². The molecule has 5 heteroatoms. The molecule has 1 aliphatic rings. The zero-order valence-corrected chi connectivity index (χ0v) is 19.9. The lowest BCUT2D eigenvalue weighted by Crippen LogP contribution is -2.46. The molecule has 0 unspecified atom stereocenters. The monoisotopic (exact) mass is 395 g/mol. The minimum atomic E-state index is -1.84. The van der Waals surface area contributed by atoms with E-state index in [-0.39, 0.29) is 12.1 Å². The van der Waals surface area contributed by atoms with Gasteiger partial charge in [0.25, 0.3) is 0 Å². The van der Waals surface area contributed by atoms with Crippen molar-refractivity contribution in [1.82, 2.24) is 5.32 Å². The Balaban J connectivity index is 2.80. The second-order valence-electron chi connectivity index (χ2n) is 10.1. The van der Waals surface area contributed by atoms with Gasteiger partial charge in [0.2, 0.25) is 0 Å². The van der Waals surface area contributed by atoms with Crippen molar-refractivity contribution in [3.63, 3.8) is 0 Å². The van der Waals surface area contributed by atoms with Crippen molar-refractivity contribution < 1.29 is 14.6 Å². The van der Waals surface area contributed by atoms with E-state index < -0.39 is 19.3 Å². The lowest BCUT2D eigenvalue weighted by molar-refractivity contribution is 0.0343. The molecule has 2 N–H and O–H groups in total. The van der Waals surface area contributed by atoms with E-state index in [2.05, 4.69) is 58.3 Å². The first-order valence-electron chi connectivity index (χ1n) is 10.5. The zero-order chi connectivity index (χ0) is 21.0. The Bertz CT molecular complexity index is 537. The molecule has 1 saturated carbocycles. The van der Waals surface area contributed by atoms with Gasteiger partial charge >= 0.3 is 6.09 Å². The van der Waals surface area contributed by atoms with Crippen LogP contribution in [0.4, 0.5) is 4.79 Å². The van der Waals surface area contributed by atoms with Crippen LogP contribution in [-0.2, 0) is 4.74 Å². The molecule has 0 aromatic carbocycles. The lowest BCUT2D eigenvalue weighted by Gasteiger charge is -2.39. The summed E-state index contributed by atoms with van der Waals surface area (Å²) in [5.74, 6) is 3.32. The average molecular weight is 396 g/mol. The SMILES string of the molecule is CC(C)[Si](C#C[C@]1(O)CC[C@H](NC(=O)OC(C)(C)C)CC1)(C(C)C)C(C)C. The van der Waals surface area contributed by atoms with Gasteiger partial charge in [-0.25, -0.2) is 4.79 Å². The number of amides is 1. The Morgan fingerprint density at radius 1 is 1.07 bits per heavy atom. The summed E-state index contributed by atoms with van der Waals surface area (Å²) in [5.41, 5.74) is 3.89. The second kappa shape index (κ2) is 9.00. The number of nitrogens with one attached hydrogen (secondary N) is 1. The molecule has 156 valence electrons. The quantitative estimate of drug-likeness (QED) is 0.494. The van der Waals surface area contributed by atoms with Gasteiger partial charge < -0.3 is 15.2 Å². The van der Waals surface area contributed by atoms with E-state index in [9.17, 15) is 9.90 Å². The number of hydrogen-bond acceptors (Lipinski definition) is 3. The zero-order valence-electron chi connectivity index (χ0n) is 18.9. The molecule has 4 nitrogen and oxygen atoms in total. The van der Waals surface area contributed by atoms with Crippen molar-refractivity contribution in [1.29, 1.82) is 0 Å². The topological polar surface area (TPSA) is 58.6 Å². The minimum absolute atomic E-state index is 0.0456. The summed E-state index contributed by atoms with van der Waals surface area (Å²) < 4.78 is 5.33. The number of aliphatic hydroxyl groups is 1. The van der Waals surface area contributed by atoms with Crippen LogP contribution in [0.5, 0.6) is 0 Å². The summed E-state index contributed by atoms with van der Waals surface area (Å²) in [5, 5.41) is 14.0. The van der Waals surface area contributed by atoms with E-state index in [0.29, 0.717) is 29.5 Å². The van der Waals surface area contributed by atoms with Crippen LogP contribution in [0.15, 0.2) is 0 Å². The van der Waals surface area contributed by atoms with Crippen LogP contribution >= 0.6 is 0 Å². The van der Waals surface area contributed by atoms with Crippen molar-refractivity contribution >= 4 is 14.2 Å². The van der Waals surface area contributed by atoms with E-state index in [1.54, 1.807) is 0 Å². The highest BCUT2D eigenvalue weighted by Crippen LogP contribution is 2.41. The number of ether oxygens (including phenoxy) is 1. The molecule has 1 amide bonds. The van der Waals surface area contributed by atoms with Crippen molar-refractivity contribution in [2.45, 2.75) is 122 Å². The number of alkyl carbamates (subject to hydrolysis) is 1. The van der Waals surface area contributed by atoms with Gasteiger partial charge in [-0.15, -0.1) is 5.54 Å². The molecule has 0 aromatic heterocycles. The van der Waals surface area contributed by atoms with Gasteiger partial charge in [0.1, 0.15) is 19.3 Å². The van der Waals surface area contributed by atoms with Crippen LogP contribution in [0, 0.1) is 11.5 Å². The first-order valence-corrected chi connectivity index (χ1v) is 12.7. The Morgan fingerprint density at radius 3 is 1.89 bits per heavy atom. The first kappa shape index (κ1) is 24.0. The van der Waals surface area contributed by atoms with Crippen LogP contribution in [0.2, 0.25) is 16.6 Å². The average Bonchev–Trinajstić information content (AvgIpc) is 2.47. The Labute approximate surface area is 167 Å². The van der Waals surface area contributed by atoms with Gasteiger partial charge in [0, 0.05) is 6.04 Å². The largest absolute Gasteiger partial charge is 0.444 e. The normalized spacial score (nSPS) is 24.0. The Kier molecular flexibility index (Phi) is 8.02. The first-order chi connectivity index (χ1) is 12.2. The van der Waals surface area contributed by atoms with E-state index in [4.69, 9.17) is 4.74 Å². The van der Waals surface area contributed by atoms with Crippen LogP contribution in [0.1, 0.15) is 88.0 Å². The minimum Gasteiger partial charge on any atom is -0.444 e. The van der Waals surface area contributed by atoms with Gasteiger partial charge in [0.05, 0.1) is 0 Å². The molecule has 1 rings (SSSR count). The molecule has 0 aliphatic heterocycles. The molecule has 0 atom stereocenters. The molecule has 0 aromatic rings. The van der Waals surface area contributed by atoms with Crippen molar-refractivity contribution in [3.8, 4) is 11.5 Å². The van der Waals surface area contributed by atoms with Gasteiger partial charge in [-0.2, -0.15) is 0 Å². The fourth-order valence-corrected chi connectivity index (χ4v) is 9.81. The maximum Gasteiger partial charge on any atom is 0.407 e. The number of hydrogen-bond donors (Lipinski definition) is 2. The van der Waals surface area contributed by atoms with Crippen molar-refractivity contribution in [2.24, 2.45) is 0 Å². The van der Waals surface area contributed by atoms with Crippen molar-refractivity contribution in [3.05, 3.63) is 0 Å². The van der Waals surface area contributed by atoms with Crippen LogP contribution < -0.4 is 5.32 Å². The van der Waals surface area contributed by atoms with E-state index in [0.717, 1.165) is 12.8 Å². The van der Waals surface area contributed by atoms with Crippen LogP contribution in [0.25, 0.3) is 0 Å². The molecule has 0 saturated heterocycles. The number of carbonyl (C=O) groups excluding carboxylic acids is 1. The summed E-state index contributed by atoms with van der Waals surface area (Å²) in [6.45, 7) is 19.3. The van der Waals surface area contributed by atoms with Gasteiger partial charge in [-0.1, -0.05) is 47.5 Å². The third kappa shape index (κ3) is 6.53. The van der Waals surface area contributed by atoms with E-state index in [1.165, 1.54) is 0 Å². The maximum absolute atomic E-state index is 12.0. The number of rotatable bonds is 4. The Hall–Kier alpha value is -0.993. The number of carbonyl (C=O) groups is 1. The molecule has 27 heavy (non-hydrogen) atoms. The summed E-state index contributed by atoms with van der Waals surface area (Å²) >= 11 is 0. The van der Waals surface area contributed by atoms with Crippen LogP contribution in [-0.4, -0.2) is 36.5 Å². The molecule has 1 fully saturated rings. The third-order valence-corrected chi connectivity index (χ3v) is 12.2. The second-order valence-corrected chi connectivity index (χ2v) is 15.7. The molecule has 0 radical (unpaired) electrons. The molecule has 0 bridgehead atoms. The summed E-state index contributed by atoms with van der Waals surface area (Å²) in [6, 6.07) is 0.0456. The highest BCUT2D eigenvalue weighted by atomic mass is 28.3. The van der Waals surface area contributed by atoms with Gasteiger partial charge in [0.15, 0.2) is 0 Å². The maximum atomic E-state index is 12.0. The summed E-state index contributed by atoms with van der Waals surface area (Å²) in [7, 11) is -1.84. The smallest absolute Gasteiger partial charge is 0.407 e. The predicted molar refractivity (Wildman–Crippen MR) is 115 cm³/mol. The molecule has 0 spiro atoms. The van der Waals surface area contributed by atoms with E-state index in [1.807, 2.05) is 20.8 Å². The fourth-order valence-electron chi connectivity index (χ4n) is 4.50. The van der Waals surface area contributed by atoms with Gasteiger partial charge in [-0.05, 0) is 63.1 Å². The standard InChI is InChI=1S/C22H41NO3Si/c1-16(2)27(17(3)4,18(5)6)15-14-22(25)12-10-19(11-13-22)23-20(24)26-21(7,8)9/h16-19,25H,10-13H2,1-9H3,(H,23,24)/t19-,22-. The lowest BCUT2D eigenvalue weighted by atomic mass is 9.83. The molecule has 1 aliphatic carbocycles. The van der Waals surface area contributed by atoms with Crippen LogP contribution in [0.3, 0.4) is 0 Å². The van der Waals surface area contributed by atoms with Crippen molar-refractivity contribution in [2.75, 3.05) is 0 Å².